The van der Waals surface area contributed by atoms with Crippen LogP contribution in [-0.2, 0) is 0 Å². The van der Waals surface area contributed by atoms with Crippen LogP contribution >= 0.6 is 0 Å². The number of hydrogen-bond donors (Lipinski definition) is 1. The molecule has 2 unspecified atom stereocenters. The van der Waals surface area contributed by atoms with Crippen LogP contribution in [0.1, 0.15) is 32.6 Å². The monoisotopic (exact) mass is 267 g/mol. The van der Waals surface area contributed by atoms with Crippen LogP contribution in [0.2, 0.25) is 0 Å². The van der Waals surface area contributed by atoms with E-state index in [1.807, 2.05) is 13.8 Å². The maximum atomic E-state index is 12.3. The normalized spacial score (nSPS) is 15.5. The van der Waals surface area contributed by atoms with E-state index in [1.54, 1.807) is 4.90 Å². The van der Waals surface area contributed by atoms with Gasteiger partial charge in [0.15, 0.2) is 6.10 Å². The first-order valence-electron chi connectivity index (χ1n) is 5.64. The Morgan fingerprint density at radius 3 is 2.33 bits per heavy atom. The van der Waals surface area contributed by atoms with Gasteiger partial charge in [0.1, 0.15) is 0 Å². The molecule has 0 aliphatic heterocycles. The molecule has 0 saturated heterocycles. The largest absolute Gasteiger partial charge is 0.415 e. The van der Waals surface area contributed by atoms with Crippen LogP contribution in [0.5, 0.6) is 0 Å². The number of aliphatic hydroxyl groups is 1. The molecule has 0 saturated carbocycles. The Labute approximate surface area is 103 Å². The average molecular weight is 267 g/mol. The number of hydrogen-bond acceptors (Lipinski definition) is 5. The molecule has 0 fully saturated rings. The maximum absolute atomic E-state index is 12.3. The second-order valence-electron chi connectivity index (χ2n) is 3.88. The predicted octanol–water partition coefficient (Wildman–Crippen LogP) is 1.94. The van der Waals surface area contributed by atoms with Crippen LogP contribution in [0.4, 0.5) is 19.1 Å². The molecule has 8 heteroatoms. The number of anilines is 1. The van der Waals surface area contributed by atoms with Gasteiger partial charge in [-0.15, -0.1) is 0 Å². The Morgan fingerprint density at radius 1 is 1.33 bits per heavy atom. The van der Waals surface area contributed by atoms with E-state index in [0.29, 0.717) is 13.1 Å². The van der Waals surface area contributed by atoms with Gasteiger partial charge in [-0.05, 0) is 19.0 Å². The first-order chi connectivity index (χ1) is 8.31. The van der Waals surface area contributed by atoms with Crippen LogP contribution in [0.3, 0.4) is 0 Å². The lowest BCUT2D eigenvalue weighted by atomic mass is 10.1. The second-order valence-corrected chi connectivity index (χ2v) is 3.88. The average Bonchev–Trinajstić information content (AvgIpc) is 2.77. The molecular formula is C10H16F3N3O2. The lowest BCUT2D eigenvalue weighted by molar-refractivity contribution is -0.210. The van der Waals surface area contributed by atoms with Gasteiger partial charge in [0.25, 0.3) is 5.95 Å². The highest BCUT2D eigenvalue weighted by molar-refractivity contribution is 5.27. The summed E-state index contributed by atoms with van der Waals surface area (Å²) in [6.45, 7) is 6.16. The summed E-state index contributed by atoms with van der Waals surface area (Å²) in [4.78, 5) is 5.61. The molecule has 5 nitrogen and oxygen atoms in total. The number of aliphatic hydroxyl groups excluding tert-OH is 1. The zero-order valence-corrected chi connectivity index (χ0v) is 10.4. The SMILES string of the molecule is CCN(CC)c1noc(C(C)C(O)C(F)(F)F)n1. The molecule has 1 N–H and O–H groups in total. The number of nitrogens with zero attached hydrogens (tertiary/aromatic N) is 3. The zero-order valence-electron chi connectivity index (χ0n) is 10.4. The van der Waals surface area contributed by atoms with Gasteiger partial charge < -0.3 is 14.5 Å². The summed E-state index contributed by atoms with van der Waals surface area (Å²) in [7, 11) is 0. The van der Waals surface area contributed by atoms with Gasteiger partial charge in [-0.1, -0.05) is 6.92 Å². The van der Waals surface area contributed by atoms with E-state index < -0.39 is 18.2 Å². The summed E-state index contributed by atoms with van der Waals surface area (Å²) in [6, 6.07) is 0. The number of alkyl halides is 3. The van der Waals surface area contributed by atoms with Crippen LogP contribution < -0.4 is 4.90 Å². The molecule has 2 atom stereocenters. The van der Waals surface area contributed by atoms with E-state index in [2.05, 4.69) is 10.1 Å². The molecule has 0 bridgehead atoms. The summed E-state index contributed by atoms with van der Waals surface area (Å²) in [5.41, 5.74) is 0. The van der Waals surface area contributed by atoms with Crippen molar-refractivity contribution >= 4 is 5.95 Å². The quantitative estimate of drug-likeness (QED) is 0.883. The Morgan fingerprint density at radius 2 is 1.89 bits per heavy atom. The molecule has 104 valence electrons. The van der Waals surface area contributed by atoms with E-state index in [0.717, 1.165) is 0 Å². The van der Waals surface area contributed by atoms with Gasteiger partial charge in [-0.2, -0.15) is 18.2 Å². The van der Waals surface area contributed by atoms with E-state index in [-0.39, 0.29) is 11.8 Å². The summed E-state index contributed by atoms with van der Waals surface area (Å²) in [6.07, 6.45) is -7.22. The van der Waals surface area contributed by atoms with Crippen molar-refractivity contribution in [3.8, 4) is 0 Å². The second kappa shape index (κ2) is 5.55. The van der Waals surface area contributed by atoms with E-state index in [9.17, 15) is 13.2 Å². The van der Waals surface area contributed by atoms with E-state index >= 15 is 0 Å². The van der Waals surface area contributed by atoms with Gasteiger partial charge in [-0.3, -0.25) is 0 Å². The molecular weight excluding hydrogens is 251 g/mol. The van der Waals surface area contributed by atoms with Crippen molar-refractivity contribution < 1.29 is 22.8 Å². The maximum Gasteiger partial charge on any atom is 0.415 e. The molecule has 0 aliphatic rings. The fourth-order valence-electron chi connectivity index (χ4n) is 1.47. The summed E-state index contributed by atoms with van der Waals surface area (Å²) in [5, 5.41) is 12.7. The molecule has 0 aliphatic carbocycles. The van der Waals surface area contributed by atoms with Crippen molar-refractivity contribution in [3.63, 3.8) is 0 Å². The molecule has 1 heterocycles. The van der Waals surface area contributed by atoms with Crippen molar-refractivity contribution in [2.75, 3.05) is 18.0 Å². The highest BCUT2D eigenvalue weighted by Crippen LogP contribution is 2.31. The standard InChI is InChI=1S/C10H16F3N3O2/c1-4-16(5-2)9-14-8(18-15-9)6(3)7(17)10(11,12)13/h6-7,17H,4-5H2,1-3H3. The van der Waals surface area contributed by atoms with Crippen LogP contribution in [0.25, 0.3) is 0 Å². The fraction of sp³-hybridized carbons (Fsp3) is 0.800. The Hall–Kier alpha value is -1.31. The van der Waals surface area contributed by atoms with Crippen LogP contribution in [0, 0.1) is 0 Å². The Kier molecular flexibility index (Phi) is 4.55. The minimum atomic E-state index is -4.71. The lowest BCUT2D eigenvalue weighted by Crippen LogP contribution is -2.33. The van der Waals surface area contributed by atoms with Gasteiger partial charge in [0, 0.05) is 13.1 Å². The minimum Gasteiger partial charge on any atom is -0.383 e. The Balaban J connectivity index is 2.85. The molecule has 0 amide bonds. The third-order valence-electron chi connectivity index (χ3n) is 2.68. The number of rotatable bonds is 5. The van der Waals surface area contributed by atoms with E-state index in [1.165, 1.54) is 6.92 Å². The molecule has 0 radical (unpaired) electrons. The number of halogens is 3. The molecule has 1 aromatic rings. The van der Waals surface area contributed by atoms with Crippen molar-refractivity contribution in [1.29, 1.82) is 0 Å². The minimum absolute atomic E-state index is 0.221. The van der Waals surface area contributed by atoms with Gasteiger partial charge in [0.05, 0.1) is 5.92 Å². The fourth-order valence-corrected chi connectivity index (χ4v) is 1.47. The molecule has 0 aromatic carbocycles. The molecule has 18 heavy (non-hydrogen) atoms. The highest BCUT2D eigenvalue weighted by Gasteiger charge is 2.44. The predicted molar refractivity (Wildman–Crippen MR) is 58.3 cm³/mol. The zero-order chi connectivity index (χ0) is 13.9. The van der Waals surface area contributed by atoms with Crippen molar-refractivity contribution in [3.05, 3.63) is 5.89 Å². The summed E-state index contributed by atoms with van der Waals surface area (Å²) >= 11 is 0. The smallest absolute Gasteiger partial charge is 0.383 e. The van der Waals surface area contributed by atoms with Gasteiger partial charge in [0.2, 0.25) is 5.89 Å². The van der Waals surface area contributed by atoms with Crippen molar-refractivity contribution in [2.45, 2.75) is 39.0 Å². The number of aromatic nitrogens is 2. The molecule has 1 aromatic heterocycles. The topological polar surface area (TPSA) is 62.4 Å². The highest BCUT2D eigenvalue weighted by atomic mass is 19.4. The Bertz CT molecular complexity index is 377. The molecule has 1 rings (SSSR count). The van der Waals surface area contributed by atoms with Gasteiger partial charge in [-0.25, -0.2) is 0 Å². The van der Waals surface area contributed by atoms with Crippen LogP contribution in [-0.4, -0.2) is 40.6 Å². The van der Waals surface area contributed by atoms with Crippen molar-refractivity contribution in [1.82, 2.24) is 10.1 Å². The van der Waals surface area contributed by atoms with Gasteiger partial charge >= 0.3 is 6.18 Å². The molecule has 0 spiro atoms. The first kappa shape index (κ1) is 14.7. The van der Waals surface area contributed by atoms with E-state index in [4.69, 9.17) is 9.63 Å². The third-order valence-corrected chi connectivity index (χ3v) is 2.68. The third kappa shape index (κ3) is 3.12. The summed E-state index contributed by atoms with van der Waals surface area (Å²) < 4.78 is 41.8. The van der Waals surface area contributed by atoms with Crippen LogP contribution in [0.15, 0.2) is 4.52 Å². The lowest BCUT2D eigenvalue weighted by Gasteiger charge is -2.18. The summed E-state index contributed by atoms with van der Waals surface area (Å²) in [5.74, 6) is -1.28. The first-order valence-corrected chi connectivity index (χ1v) is 5.64. The van der Waals surface area contributed by atoms with Crippen molar-refractivity contribution in [2.24, 2.45) is 0 Å².